The highest BCUT2D eigenvalue weighted by Gasteiger charge is 1.99. The minimum Gasteiger partial charge on any atom is -0.493 e. The quantitative estimate of drug-likeness (QED) is 0.739. The fourth-order valence-corrected chi connectivity index (χ4v) is 1.95. The van der Waals surface area contributed by atoms with E-state index in [-0.39, 0.29) is 5.82 Å². The Morgan fingerprint density at radius 3 is 2.76 bits per heavy atom. The summed E-state index contributed by atoms with van der Waals surface area (Å²) in [4.78, 5) is 0. The van der Waals surface area contributed by atoms with Gasteiger partial charge in [0.25, 0.3) is 0 Å². The molecule has 0 aliphatic carbocycles. The molecule has 96 valence electrons. The lowest BCUT2D eigenvalue weighted by Gasteiger charge is -2.07. The second-order valence-electron chi connectivity index (χ2n) is 3.87. The predicted octanol–water partition coefficient (Wildman–Crippen LogP) is 3.75. The second kappa shape index (κ2) is 8.48. The van der Waals surface area contributed by atoms with Crippen LogP contribution in [0.5, 0.6) is 5.75 Å². The molecule has 0 saturated carbocycles. The molecule has 0 saturated heterocycles. The van der Waals surface area contributed by atoms with Gasteiger partial charge in [-0.3, -0.25) is 0 Å². The van der Waals surface area contributed by atoms with E-state index >= 15 is 0 Å². The zero-order valence-corrected chi connectivity index (χ0v) is 11.7. The van der Waals surface area contributed by atoms with Gasteiger partial charge in [-0.05, 0) is 44.5 Å². The third kappa shape index (κ3) is 6.64. The molecule has 0 spiro atoms. The van der Waals surface area contributed by atoms with E-state index in [2.05, 4.69) is 28.2 Å². The van der Waals surface area contributed by atoms with Crippen LogP contribution in [0.1, 0.15) is 26.2 Å². The summed E-state index contributed by atoms with van der Waals surface area (Å²) in [6.45, 7) is 4.82. The molecule has 1 aromatic carbocycles. The Balaban J connectivity index is 2.13. The smallest absolute Gasteiger partial charge is 0.128 e. The molecular formula is C13H19BrFNO. The van der Waals surface area contributed by atoms with Crippen LogP contribution in [0.3, 0.4) is 0 Å². The molecule has 1 aromatic rings. The van der Waals surface area contributed by atoms with Crippen molar-refractivity contribution in [3.8, 4) is 5.75 Å². The summed E-state index contributed by atoms with van der Waals surface area (Å²) in [6.07, 6.45) is 3.28. The van der Waals surface area contributed by atoms with Crippen LogP contribution in [-0.2, 0) is 0 Å². The average Bonchev–Trinajstić information content (AvgIpc) is 2.26. The standard InChI is InChI=1S/C13H19BrFNO/c1-2-16-6-4-3-5-7-17-13-9-11(14)8-12(15)10-13/h8-10,16H,2-7H2,1H3. The summed E-state index contributed by atoms with van der Waals surface area (Å²) in [5.74, 6) is 0.310. The minimum absolute atomic E-state index is 0.276. The SMILES string of the molecule is CCNCCCCCOc1cc(F)cc(Br)c1. The maximum atomic E-state index is 13.0. The summed E-state index contributed by atoms with van der Waals surface area (Å²) in [7, 11) is 0. The number of ether oxygens (including phenoxy) is 1. The fourth-order valence-electron chi connectivity index (χ4n) is 1.51. The first-order chi connectivity index (χ1) is 8.22. The Hall–Kier alpha value is -0.610. The number of benzene rings is 1. The predicted molar refractivity (Wildman–Crippen MR) is 72.0 cm³/mol. The van der Waals surface area contributed by atoms with Gasteiger partial charge in [-0.15, -0.1) is 0 Å². The summed E-state index contributed by atoms with van der Waals surface area (Å²) in [5, 5.41) is 3.28. The van der Waals surface area contributed by atoms with Gasteiger partial charge < -0.3 is 10.1 Å². The largest absolute Gasteiger partial charge is 0.493 e. The van der Waals surface area contributed by atoms with Crippen molar-refractivity contribution in [1.82, 2.24) is 5.32 Å². The van der Waals surface area contributed by atoms with Crippen molar-refractivity contribution in [2.24, 2.45) is 0 Å². The molecule has 0 radical (unpaired) electrons. The molecule has 0 aromatic heterocycles. The maximum Gasteiger partial charge on any atom is 0.128 e. The monoisotopic (exact) mass is 303 g/mol. The number of hydrogen-bond donors (Lipinski definition) is 1. The highest BCUT2D eigenvalue weighted by Crippen LogP contribution is 2.20. The zero-order chi connectivity index (χ0) is 12.5. The van der Waals surface area contributed by atoms with Crippen LogP contribution in [0, 0.1) is 5.82 Å². The third-order valence-electron chi connectivity index (χ3n) is 2.35. The van der Waals surface area contributed by atoms with Crippen LogP contribution in [0.4, 0.5) is 4.39 Å². The second-order valence-corrected chi connectivity index (χ2v) is 4.78. The van der Waals surface area contributed by atoms with Gasteiger partial charge in [0.15, 0.2) is 0 Å². The van der Waals surface area contributed by atoms with Gasteiger partial charge in [0.1, 0.15) is 11.6 Å². The van der Waals surface area contributed by atoms with Crippen LogP contribution < -0.4 is 10.1 Å². The Labute approximate surface area is 111 Å². The van der Waals surface area contributed by atoms with E-state index in [4.69, 9.17) is 4.74 Å². The van der Waals surface area contributed by atoms with Crippen LogP contribution in [0.15, 0.2) is 22.7 Å². The Morgan fingerprint density at radius 1 is 1.24 bits per heavy atom. The third-order valence-corrected chi connectivity index (χ3v) is 2.81. The average molecular weight is 304 g/mol. The molecule has 0 aliphatic rings. The molecule has 0 unspecified atom stereocenters. The molecule has 1 N–H and O–H groups in total. The van der Waals surface area contributed by atoms with Crippen LogP contribution in [-0.4, -0.2) is 19.7 Å². The van der Waals surface area contributed by atoms with Crippen molar-refractivity contribution in [3.05, 3.63) is 28.5 Å². The van der Waals surface area contributed by atoms with Gasteiger partial charge in [-0.25, -0.2) is 4.39 Å². The summed E-state index contributed by atoms with van der Waals surface area (Å²) in [6, 6.07) is 4.61. The molecule has 1 rings (SSSR count). The van der Waals surface area contributed by atoms with E-state index < -0.39 is 0 Å². The van der Waals surface area contributed by atoms with Crippen LogP contribution in [0.25, 0.3) is 0 Å². The van der Waals surface area contributed by atoms with E-state index in [9.17, 15) is 4.39 Å². The van der Waals surface area contributed by atoms with Crippen molar-refractivity contribution < 1.29 is 9.13 Å². The molecule has 0 atom stereocenters. The molecule has 0 heterocycles. The molecular weight excluding hydrogens is 285 g/mol. The molecule has 0 aliphatic heterocycles. The Kier molecular flexibility index (Phi) is 7.21. The Morgan fingerprint density at radius 2 is 2.06 bits per heavy atom. The molecule has 2 nitrogen and oxygen atoms in total. The highest BCUT2D eigenvalue weighted by molar-refractivity contribution is 9.10. The number of unbranched alkanes of at least 4 members (excludes halogenated alkanes) is 2. The van der Waals surface area contributed by atoms with Gasteiger partial charge in [-0.1, -0.05) is 22.9 Å². The molecule has 0 fully saturated rings. The molecule has 0 bridgehead atoms. The van der Waals surface area contributed by atoms with Crippen molar-refractivity contribution in [2.75, 3.05) is 19.7 Å². The van der Waals surface area contributed by atoms with Crippen LogP contribution >= 0.6 is 15.9 Å². The maximum absolute atomic E-state index is 13.0. The van der Waals surface area contributed by atoms with Gasteiger partial charge in [0.05, 0.1) is 6.61 Å². The molecule has 0 amide bonds. The van der Waals surface area contributed by atoms with E-state index in [1.54, 1.807) is 6.07 Å². The first-order valence-corrected chi connectivity index (χ1v) is 6.81. The van der Waals surface area contributed by atoms with Gasteiger partial charge in [0, 0.05) is 10.5 Å². The molecule has 17 heavy (non-hydrogen) atoms. The number of nitrogens with one attached hydrogen (secondary N) is 1. The van der Waals surface area contributed by atoms with E-state index in [1.807, 2.05) is 0 Å². The lowest BCUT2D eigenvalue weighted by atomic mass is 10.2. The van der Waals surface area contributed by atoms with Gasteiger partial charge in [0.2, 0.25) is 0 Å². The summed E-state index contributed by atoms with van der Waals surface area (Å²) in [5.41, 5.74) is 0. The first-order valence-electron chi connectivity index (χ1n) is 6.02. The highest BCUT2D eigenvalue weighted by atomic mass is 79.9. The lowest BCUT2D eigenvalue weighted by molar-refractivity contribution is 0.303. The van der Waals surface area contributed by atoms with E-state index in [1.165, 1.54) is 12.1 Å². The number of rotatable bonds is 8. The lowest BCUT2D eigenvalue weighted by Crippen LogP contribution is -2.14. The topological polar surface area (TPSA) is 21.3 Å². The van der Waals surface area contributed by atoms with Gasteiger partial charge in [-0.2, -0.15) is 0 Å². The van der Waals surface area contributed by atoms with Crippen LogP contribution in [0.2, 0.25) is 0 Å². The van der Waals surface area contributed by atoms with Crippen molar-refractivity contribution in [2.45, 2.75) is 26.2 Å². The minimum atomic E-state index is -0.276. The Bertz CT molecular complexity index is 313. The van der Waals surface area contributed by atoms with Crippen molar-refractivity contribution in [3.63, 3.8) is 0 Å². The van der Waals surface area contributed by atoms with E-state index in [0.29, 0.717) is 16.8 Å². The summed E-state index contributed by atoms with van der Waals surface area (Å²) >= 11 is 3.24. The van der Waals surface area contributed by atoms with Crippen molar-refractivity contribution >= 4 is 15.9 Å². The summed E-state index contributed by atoms with van der Waals surface area (Å²) < 4.78 is 19.2. The van der Waals surface area contributed by atoms with Gasteiger partial charge >= 0.3 is 0 Å². The molecule has 4 heteroatoms. The zero-order valence-electron chi connectivity index (χ0n) is 10.1. The first kappa shape index (κ1) is 14.5. The number of hydrogen-bond acceptors (Lipinski definition) is 2. The fraction of sp³-hybridized carbons (Fsp3) is 0.538. The van der Waals surface area contributed by atoms with Crippen molar-refractivity contribution in [1.29, 1.82) is 0 Å². The number of halogens is 2. The normalized spacial score (nSPS) is 10.5. The van der Waals surface area contributed by atoms with E-state index in [0.717, 1.165) is 32.4 Å².